The monoisotopic (exact) mass is 521 g/mol. The zero-order valence-corrected chi connectivity index (χ0v) is 22.0. The third-order valence-electron chi connectivity index (χ3n) is 6.87. The lowest BCUT2D eigenvalue weighted by Crippen LogP contribution is -2.52. The highest BCUT2D eigenvalue weighted by Gasteiger charge is 2.44. The number of fused-ring (bicyclic) bond motifs is 1. The molecule has 38 heavy (non-hydrogen) atoms. The SMILES string of the molecule is C=C/C=c1/c(OC)cc(C(=O)N2CCC3(CC2)CC(=O)c2cc(NC(=O)OC)ccc2O3)n/c1=C(/C)OC. The molecule has 1 N–H and O–H groups in total. The summed E-state index contributed by atoms with van der Waals surface area (Å²) in [7, 11) is 4.34. The normalized spacial score (nSPS) is 17.2. The van der Waals surface area contributed by atoms with Crippen molar-refractivity contribution in [2.24, 2.45) is 0 Å². The van der Waals surface area contributed by atoms with Gasteiger partial charge in [0, 0.05) is 42.9 Å². The number of hydrogen-bond donors (Lipinski definition) is 1. The van der Waals surface area contributed by atoms with E-state index in [4.69, 9.17) is 14.2 Å². The van der Waals surface area contributed by atoms with Crippen LogP contribution in [-0.2, 0) is 9.47 Å². The van der Waals surface area contributed by atoms with Gasteiger partial charge in [-0.05, 0) is 31.2 Å². The summed E-state index contributed by atoms with van der Waals surface area (Å²) < 4.78 is 21.9. The highest BCUT2D eigenvalue weighted by molar-refractivity contribution is 6.02. The van der Waals surface area contributed by atoms with Gasteiger partial charge in [0.05, 0.1) is 33.3 Å². The van der Waals surface area contributed by atoms with Crippen molar-refractivity contribution in [1.82, 2.24) is 9.88 Å². The number of rotatable bonds is 5. The Hall–Kier alpha value is -4.34. The lowest BCUT2D eigenvalue weighted by atomic mass is 9.82. The molecule has 1 aromatic carbocycles. The number of nitrogens with zero attached hydrogens (tertiary/aromatic N) is 2. The first-order valence-corrected chi connectivity index (χ1v) is 12.2. The minimum atomic E-state index is -0.697. The Morgan fingerprint density at radius 2 is 1.89 bits per heavy atom. The van der Waals surface area contributed by atoms with Crippen LogP contribution in [0.2, 0.25) is 0 Å². The molecule has 2 aliphatic rings. The Morgan fingerprint density at radius 3 is 2.53 bits per heavy atom. The number of likely N-dealkylation sites (tertiary alicyclic amines) is 1. The first kappa shape index (κ1) is 26.7. The number of ether oxygens (including phenoxy) is 4. The second-order valence-corrected chi connectivity index (χ2v) is 9.14. The van der Waals surface area contributed by atoms with Crippen LogP contribution in [0.15, 0.2) is 36.9 Å². The predicted octanol–water partition coefficient (Wildman–Crippen LogP) is 2.65. The van der Waals surface area contributed by atoms with Gasteiger partial charge in [0.15, 0.2) is 5.78 Å². The number of ketones is 1. The average molecular weight is 522 g/mol. The Balaban J connectivity index is 1.54. The lowest BCUT2D eigenvalue weighted by Gasteiger charge is -2.43. The number of aromatic nitrogens is 1. The summed E-state index contributed by atoms with van der Waals surface area (Å²) in [5.74, 6) is 1.18. The fraction of sp³-hybridized carbons (Fsp3) is 0.357. The Labute approximate surface area is 220 Å². The van der Waals surface area contributed by atoms with Gasteiger partial charge >= 0.3 is 6.09 Å². The largest absolute Gasteiger partial charge is 0.499 e. The third kappa shape index (κ3) is 5.20. The van der Waals surface area contributed by atoms with E-state index in [0.29, 0.717) is 65.0 Å². The number of amides is 2. The number of hydrogen-bond acceptors (Lipinski definition) is 8. The molecule has 2 amide bonds. The Kier molecular flexibility index (Phi) is 7.70. The van der Waals surface area contributed by atoms with Gasteiger partial charge in [-0.3, -0.25) is 14.9 Å². The van der Waals surface area contributed by atoms with Crippen molar-refractivity contribution < 1.29 is 33.3 Å². The van der Waals surface area contributed by atoms with E-state index in [1.54, 1.807) is 55.4 Å². The van der Waals surface area contributed by atoms with Crippen molar-refractivity contribution >= 4 is 35.3 Å². The Morgan fingerprint density at radius 1 is 1.16 bits per heavy atom. The van der Waals surface area contributed by atoms with Crippen LogP contribution in [0.3, 0.4) is 0 Å². The van der Waals surface area contributed by atoms with Crippen LogP contribution in [0, 0.1) is 0 Å². The zero-order valence-electron chi connectivity index (χ0n) is 22.0. The minimum Gasteiger partial charge on any atom is -0.499 e. The second-order valence-electron chi connectivity index (χ2n) is 9.14. The minimum absolute atomic E-state index is 0.0739. The molecule has 1 aromatic heterocycles. The van der Waals surface area contributed by atoms with Gasteiger partial charge < -0.3 is 23.8 Å². The number of piperidine rings is 1. The molecular formula is C28H31N3O7. The van der Waals surface area contributed by atoms with Crippen molar-refractivity contribution in [2.45, 2.75) is 31.8 Å². The number of carbonyl (C=O) groups excluding carboxylic acids is 3. The number of benzene rings is 1. The molecule has 0 bridgehead atoms. The molecule has 3 heterocycles. The fourth-order valence-electron chi connectivity index (χ4n) is 4.75. The number of nitrogens with one attached hydrogen (secondary N) is 1. The maximum absolute atomic E-state index is 13.5. The van der Waals surface area contributed by atoms with Crippen LogP contribution in [0.1, 0.15) is 47.0 Å². The molecule has 0 aliphatic carbocycles. The number of allylic oxidation sites excluding steroid dienone is 1. The maximum Gasteiger partial charge on any atom is 0.411 e. The molecular weight excluding hydrogens is 490 g/mol. The highest BCUT2D eigenvalue weighted by atomic mass is 16.5. The van der Waals surface area contributed by atoms with Gasteiger partial charge in [-0.1, -0.05) is 12.7 Å². The van der Waals surface area contributed by atoms with Crippen LogP contribution in [0.4, 0.5) is 10.5 Å². The van der Waals surface area contributed by atoms with Crippen LogP contribution in [-0.4, -0.2) is 67.7 Å². The number of pyridine rings is 1. The van der Waals surface area contributed by atoms with E-state index in [1.807, 2.05) is 0 Å². The molecule has 0 saturated carbocycles. The number of methoxy groups -OCH3 is 3. The fourth-order valence-corrected chi connectivity index (χ4v) is 4.75. The second kappa shape index (κ2) is 11.0. The summed E-state index contributed by atoms with van der Waals surface area (Å²) in [6, 6.07) is 6.53. The van der Waals surface area contributed by atoms with Crippen molar-refractivity contribution in [3.8, 4) is 11.5 Å². The molecule has 1 spiro atoms. The lowest BCUT2D eigenvalue weighted by molar-refractivity contribution is -0.00586. The molecule has 4 rings (SSSR count). The molecule has 1 saturated heterocycles. The average Bonchev–Trinajstić information content (AvgIpc) is 2.93. The van der Waals surface area contributed by atoms with E-state index < -0.39 is 11.7 Å². The quantitative estimate of drug-likeness (QED) is 0.639. The molecule has 2 aliphatic heterocycles. The molecule has 10 heteroatoms. The highest BCUT2D eigenvalue weighted by Crippen LogP contribution is 2.40. The van der Waals surface area contributed by atoms with Crippen molar-refractivity contribution in [3.05, 3.63) is 58.7 Å². The van der Waals surface area contributed by atoms with Crippen LogP contribution in [0.5, 0.6) is 11.5 Å². The summed E-state index contributed by atoms with van der Waals surface area (Å²) in [6.07, 6.45) is 3.92. The third-order valence-corrected chi connectivity index (χ3v) is 6.87. The van der Waals surface area contributed by atoms with Crippen LogP contribution < -0.4 is 25.4 Å². The van der Waals surface area contributed by atoms with E-state index in [-0.39, 0.29) is 23.8 Å². The van der Waals surface area contributed by atoms with E-state index >= 15 is 0 Å². The number of Topliss-reactive ketones (excluding diaryl/α,β-unsaturated/α-hetero) is 1. The number of carbonyl (C=O) groups is 3. The standard InChI is InChI=1S/C28H31N3O7/c1-6-7-19-24(36-4)15-21(30-25(19)17(2)35-3)26(33)31-12-10-28(11-13-31)16-22(32)20-14-18(29-27(34)37-5)8-9-23(20)38-28/h6-9,14-15H,1,10-13,16H2,2-5H3,(H,29,34)/b19-7-,25-17-. The smallest absolute Gasteiger partial charge is 0.411 e. The van der Waals surface area contributed by atoms with E-state index in [0.717, 1.165) is 0 Å². The molecule has 200 valence electrons. The Bertz CT molecular complexity index is 1410. The molecule has 0 atom stereocenters. The van der Waals surface area contributed by atoms with Crippen LogP contribution in [0.25, 0.3) is 11.8 Å². The van der Waals surface area contributed by atoms with E-state index in [9.17, 15) is 14.4 Å². The molecule has 10 nitrogen and oxygen atoms in total. The van der Waals surface area contributed by atoms with Gasteiger partial charge in [-0.15, -0.1) is 0 Å². The zero-order chi connectivity index (χ0) is 27.4. The van der Waals surface area contributed by atoms with Crippen LogP contribution >= 0.6 is 0 Å². The van der Waals surface area contributed by atoms with E-state index in [2.05, 4.69) is 21.6 Å². The van der Waals surface area contributed by atoms with Gasteiger partial charge in [-0.25, -0.2) is 9.78 Å². The van der Waals surface area contributed by atoms with Crippen molar-refractivity contribution in [1.29, 1.82) is 0 Å². The predicted molar refractivity (Wildman–Crippen MR) is 141 cm³/mol. The maximum atomic E-state index is 13.5. The van der Waals surface area contributed by atoms with Gasteiger partial charge in [0.25, 0.3) is 5.91 Å². The summed E-state index contributed by atoms with van der Waals surface area (Å²) in [5.41, 5.74) is 0.399. The van der Waals surface area contributed by atoms with Gasteiger partial charge in [-0.2, -0.15) is 0 Å². The first-order valence-electron chi connectivity index (χ1n) is 12.2. The molecule has 0 radical (unpaired) electrons. The van der Waals surface area contributed by atoms with Gasteiger partial charge in [0.2, 0.25) is 0 Å². The summed E-state index contributed by atoms with van der Waals surface area (Å²) in [6.45, 7) is 6.31. The van der Waals surface area contributed by atoms with Gasteiger partial charge in [0.1, 0.15) is 33.9 Å². The topological polar surface area (TPSA) is 116 Å². The summed E-state index contributed by atoms with van der Waals surface area (Å²) in [5, 5.41) is 3.73. The molecule has 0 unspecified atom stereocenters. The molecule has 2 aromatic rings. The van der Waals surface area contributed by atoms with Crippen molar-refractivity contribution in [2.75, 3.05) is 39.7 Å². The van der Waals surface area contributed by atoms with E-state index in [1.165, 1.54) is 14.2 Å². The first-order chi connectivity index (χ1) is 18.2. The number of anilines is 1. The molecule has 1 fully saturated rings. The summed E-state index contributed by atoms with van der Waals surface area (Å²) >= 11 is 0. The van der Waals surface area contributed by atoms with Crippen molar-refractivity contribution in [3.63, 3.8) is 0 Å². The summed E-state index contributed by atoms with van der Waals surface area (Å²) in [4.78, 5) is 44.3.